The fraction of sp³-hybridized carbons (Fsp3) is 0.333. The molecule has 1 fully saturated rings. The van der Waals surface area contributed by atoms with E-state index < -0.39 is 35.0 Å². The van der Waals surface area contributed by atoms with Crippen LogP contribution in [0.1, 0.15) is 31.2 Å². The molecular formula is C21H20F4N2O2. The Balaban J connectivity index is 1.66. The van der Waals surface area contributed by atoms with Gasteiger partial charge in [0.1, 0.15) is 5.82 Å². The third kappa shape index (κ3) is 4.58. The van der Waals surface area contributed by atoms with Crippen molar-refractivity contribution in [2.75, 3.05) is 18.4 Å². The molecule has 0 aromatic heterocycles. The smallest absolute Gasteiger partial charge is 0.244 e. The number of hydrogen-bond acceptors (Lipinski definition) is 2. The van der Waals surface area contributed by atoms with E-state index in [4.69, 9.17) is 0 Å². The summed E-state index contributed by atoms with van der Waals surface area (Å²) in [6.07, 6.45) is 1.06. The average Bonchev–Trinajstić information content (AvgIpc) is 3.48. The van der Waals surface area contributed by atoms with Gasteiger partial charge in [0.15, 0.2) is 17.5 Å². The van der Waals surface area contributed by atoms with Crippen molar-refractivity contribution in [1.82, 2.24) is 4.90 Å². The second-order valence-electron chi connectivity index (χ2n) is 7.00. The van der Waals surface area contributed by atoms with E-state index >= 15 is 0 Å². The van der Waals surface area contributed by atoms with Gasteiger partial charge in [0, 0.05) is 12.5 Å². The van der Waals surface area contributed by atoms with Gasteiger partial charge in [0.05, 0.1) is 12.2 Å². The van der Waals surface area contributed by atoms with Crippen LogP contribution in [0.25, 0.3) is 0 Å². The van der Waals surface area contributed by atoms with Crippen LogP contribution in [0.3, 0.4) is 0 Å². The first-order valence-corrected chi connectivity index (χ1v) is 9.30. The van der Waals surface area contributed by atoms with E-state index in [1.807, 2.05) is 6.92 Å². The van der Waals surface area contributed by atoms with E-state index in [1.54, 1.807) is 18.2 Å². The Morgan fingerprint density at radius 1 is 1.03 bits per heavy atom. The number of nitrogens with one attached hydrogen (secondary N) is 1. The average molecular weight is 408 g/mol. The molecular weight excluding hydrogens is 388 g/mol. The third-order valence-corrected chi connectivity index (χ3v) is 4.86. The van der Waals surface area contributed by atoms with Crippen LogP contribution < -0.4 is 5.32 Å². The van der Waals surface area contributed by atoms with Gasteiger partial charge in [-0.3, -0.25) is 9.59 Å². The van der Waals surface area contributed by atoms with E-state index in [2.05, 4.69) is 5.32 Å². The molecule has 2 amide bonds. The second kappa shape index (κ2) is 8.63. The van der Waals surface area contributed by atoms with Crippen LogP contribution in [-0.2, 0) is 9.59 Å². The van der Waals surface area contributed by atoms with Crippen LogP contribution in [-0.4, -0.2) is 29.8 Å². The van der Waals surface area contributed by atoms with Crippen LogP contribution in [0, 0.1) is 29.2 Å². The SMILES string of the molecule is CCCN(CC(=O)Nc1ccc(F)c(F)c1F)C(=O)C1CC1c1ccccc1F. The number of nitrogens with zero attached hydrogens (tertiary/aromatic N) is 1. The maximum Gasteiger partial charge on any atom is 0.244 e. The first-order chi connectivity index (χ1) is 13.8. The van der Waals surface area contributed by atoms with E-state index in [0.717, 1.165) is 6.07 Å². The molecule has 1 aliphatic rings. The minimum atomic E-state index is -1.69. The number of rotatable bonds is 7. The molecule has 1 aliphatic carbocycles. The van der Waals surface area contributed by atoms with Gasteiger partial charge in [-0.25, -0.2) is 17.6 Å². The van der Waals surface area contributed by atoms with Crippen molar-refractivity contribution >= 4 is 17.5 Å². The van der Waals surface area contributed by atoms with Crippen LogP contribution in [0.5, 0.6) is 0 Å². The Bertz CT molecular complexity index is 935. The lowest BCUT2D eigenvalue weighted by Gasteiger charge is -2.22. The molecule has 0 aliphatic heterocycles. The molecule has 1 saturated carbocycles. The van der Waals surface area contributed by atoms with Gasteiger partial charge in [-0.1, -0.05) is 25.1 Å². The zero-order valence-electron chi connectivity index (χ0n) is 15.7. The highest BCUT2D eigenvalue weighted by Crippen LogP contribution is 2.49. The number of halogens is 4. The molecule has 0 saturated heterocycles. The number of amides is 2. The van der Waals surface area contributed by atoms with Gasteiger partial charge < -0.3 is 10.2 Å². The van der Waals surface area contributed by atoms with Crippen molar-refractivity contribution in [3.63, 3.8) is 0 Å². The van der Waals surface area contributed by atoms with Crippen LogP contribution >= 0.6 is 0 Å². The zero-order chi connectivity index (χ0) is 21.1. The van der Waals surface area contributed by atoms with Gasteiger partial charge in [-0.2, -0.15) is 0 Å². The maximum atomic E-state index is 13.9. The first-order valence-electron chi connectivity index (χ1n) is 9.30. The summed E-state index contributed by atoms with van der Waals surface area (Å²) in [5.74, 6) is -6.62. The van der Waals surface area contributed by atoms with Gasteiger partial charge in [0.25, 0.3) is 0 Å². The van der Waals surface area contributed by atoms with E-state index in [1.165, 1.54) is 11.0 Å². The second-order valence-corrected chi connectivity index (χ2v) is 7.00. The molecule has 3 rings (SSSR count). The van der Waals surface area contributed by atoms with E-state index in [-0.39, 0.29) is 30.7 Å². The molecule has 4 nitrogen and oxygen atoms in total. The first kappa shape index (κ1) is 20.8. The standard InChI is InChI=1S/C21H20F4N2O2/c1-2-9-27(11-18(28)26-17-8-7-16(23)19(24)20(17)25)21(29)14-10-13(14)12-5-3-4-6-15(12)22/h3-8,13-14H,2,9-11H2,1H3,(H,26,28). The molecule has 2 atom stereocenters. The Kier molecular flexibility index (Phi) is 6.20. The number of hydrogen-bond donors (Lipinski definition) is 1. The molecule has 29 heavy (non-hydrogen) atoms. The topological polar surface area (TPSA) is 49.4 Å². The molecule has 0 bridgehead atoms. The fourth-order valence-electron chi connectivity index (χ4n) is 3.34. The normalized spacial score (nSPS) is 17.7. The van der Waals surface area contributed by atoms with Crippen molar-refractivity contribution in [2.45, 2.75) is 25.7 Å². The predicted octanol–water partition coefficient (Wildman–Crippen LogP) is 4.22. The number of anilines is 1. The van der Waals surface area contributed by atoms with Crippen molar-refractivity contribution < 1.29 is 27.2 Å². The zero-order valence-corrected chi connectivity index (χ0v) is 15.7. The quantitative estimate of drug-likeness (QED) is 0.551. The maximum absolute atomic E-state index is 13.9. The van der Waals surface area contributed by atoms with Gasteiger partial charge in [-0.15, -0.1) is 0 Å². The Labute approximate surface area is 165 Å². The highest BCUT2D eigenvalue weighted by Gasteiger charge is 2.46. The number of carbonyl (C=O) groups excluding carboxylic acids is 2. The van der Waals surface area contributed by atoms with Crippen molar-refractivity contribution in [2.24, 2.45) is 5.92 Å². The summed E-state index contributed by atoms with van der Waals surface area (Å²) in [6, 6.07) is 7.85. The minimum Gasteiger partial charge on any atom is -0.333 e. The van der Waals surface area contributed by atoms with E-state index in [0.29, 0.717) is 24.5 Å². The molecule has 2 aromatic carbocycles. The Morgan fingerprint density at radius 2 is 1.76 bits per heavy atom. The van der Waals surface area contributed by atoms with E-state index in [9.17, 15) is 27.2 Å². The third-order valence-electron chi connectivity index (χ3n) is 4.86. The fourth-order valence-corrected chi connectivity index (χ4v) is 3.34. The van der Waals surface area contributed by atoms with Crippen molar-refractivity contribution in [1.29, 1.82) is 0 Å². The molecule has 154 valence electrons. The highest BCUT2D eigenvalue weighted by molar-refractivity contribution is 5.95. The monoisotopic (exact) mass is 408 g/mol. The van der Waals surface area contributed by atoms with Crippen molar-refractivity contribution in [3.8, 4) is 0 Å². The van der Waals surface area contributed by atoms with Crippen molar-refractivity contribution in [3.05, 3.63) is 65.2 Å². The number of benzene rings is 2. The lowest BCUT2D eigenvalue weighted by molar-refractivity contribution is -0.136. The molecule has 0 radical (unpaired) electrons. The molecule has 0 heterocycles. The summed E-state index contributed by atoms with van der Waals surface area (Å²) in [5, 5.41) is 2.16. The summed E-state index contributed by atoms with van der Waals surface area (Å²) in [7, 11) is 0. The van der Waals surface area contributed by atoms with Crippen LogP contribution in [0.4, 0.5) is 23.2 Å². The van der Waals surface area contributed by atoms with Gasteiger partial charge in [-0.05, 0) is 42.5 Å². The molecule has 1 N–H and O–H groups in total. The Hall–Kier alpha value is -2.90. The summed E-state index contributed by atoms with van der Waals surface area (Å²) in [4.78, 5) is 26.4. The lowest BCUT2D eigenvalue weighted by atomic mass is 10.1. The minimum absolute atomic E-state index is 0.241. The van der Waals surface area contributed by atoms with Crippen LogP contribution in [0.2, 0.25) is 0 Å². The predicted molar refractivity (Wildman–Crippen MR) is 99.1 cm³/mol. The molecule has 2 aromatic rings. The molecule has 0 spiro atoms. The summed E-state index contributed by atoms with van der Waals surface area (Å²) < 4.78 is 54.0. The van der Waals surface area contributed by atoms with Crippen LogP contribution in [0.15, 0.2) is 36.4 Å². The summed E-state index contributed by atoms with van der Waals surface area (Å²) in [6.45, 7) is 1.74. The van der Waals surface area contributed by atoms with Gasteiger partial charge in [0.2, 0.25) is 11.8 Å². The van der Waals surface area contributed by atoms with Gasteiger partial charge >= 0.3 is 0 Å². The lowest BCUT2D eigenvalue weighted by Crippen LogP contribution is -2.39. The molecule has 8 heteroatoms. The Morgan fingerprint density at radius 3 is 2.45 bits per heavy atom. The molecule has 2 unspecified atom stereocenters. The highest BCUT2D eigenvalue weighted by atomic mass is 19.2. The largest absolute Gasteiger partial charge is 0.333 e. The summed E-state index contributed by atoms with van der Waals surface area (Å²) in [5.41, 5.74) is -0.0379. The number of carbonyl (C=O) groups is 2. The summed E-state index contributed by atoms with van der Waals surface area (Å²) >= 11 is 0.